The zero-order valence-corrected chi connectivity index (χ0v) is 20.6. The van der Waals surface area contributed by atoms with Crippen molar-refractivity contribution in [3.05, 3.63) is 35.6 Å². The maximum atomic E-state index is 8.23. The summed E-state index contributed by atoms with van der Waals surface area (Å²) < 4.78 is 6.03. The fourth-order valence-corrected chi connectivity index (χ4v) is 4.40. The van der Waals surface area contributed by atoms with E-state index in [-0.39, 0.29) is 5.96 Å². The van der Waals surface area contributed by atoms with E-state index in [4.69, 9.17) is 21.3 Å². The first-order chi connectivity index (χ1) is 16.6. The molecule has 0 unspecified atom stereocenters. The minimum atomic E-state index is 0.189. The molecule has 0 atom stereocenters. The molecule has 0 spiro atoms. The van der Waals surface area contributed by atoms with Gasteiger partial charge in [-0.05, 0) is 69.2 Å². The zero-order valence-electron chi connectivity index (χ0n) is 20.6. The van der Waals surface area contributed by atoms with Gasteiger partial charge in [0.15, 0.2) is 5.96 Å². The number of amidine groups is 1. The largest absolute Gasteiger partial charge is 0.461 e. The molecule has 0 fully saturated rings. The summed E-state index contributed by atoms with van der Waals surface area (Å²) in [6, 6.07) is 8.47. The second-order valence-electron chi connectivity index (χ2n) is 9.32. The molecule has 1 aliphatic rings. The van der Waals surface area contributed by atoms with Gasteiger partial charge >= 0.3 is 0 Å². The minimum absolute atomic E-state index is 0.189. The quantitative estimate of drug-likeness (QED) is 0.152. The first kappa shape index (κ1) is 25.8. The molecule has 1 aromatic heterocycles. The number of nitrogens with two attached hydrogens (primary N) is 2. The van der Waals surface area contributed by atoms with Crippen molar-refractivity contribution < 1.29 is 4.42 Å². The lowest BCUT2D eigenvalue weighted by Crippen LogP contribution is -2.30. The van der Waals surface area contributed by atoms with Crippen LogP contribution in [0.1, 0.15) is 88.4 Å². The van der Waals surface area contributed by atoms with Gasteiger partial charge < -0.3 is 26.6 Å². The molecule has 34 heavy (non-hydrogen) atoms. The van der Waals surface area contributed by atoms with Gasteiger partial charge in [0.1, 0.15) is 17.2 Å². The third kappa shape index (κ3) is 9.20. The molecule has 186 valence electrons. The highest BCUT2D eigenvalue weighted by Gasteiger charge is 2.10. The van der Waals surface area contributed by atoms with Crippen LogP contribution >= 0.6 is 0 Å². The average molecular weight is 467 g/mol. The Bertz CT molecular complexity index is 957. The number of aryl methyl sites for hydroxylation is 1. The highest BCUT2D eigenvalue weighted by Crippen LogP contribution is 2.23. The van der Waals surface area contributed by atoms with Gasteiger partial charge in [0.25, 0.3) is 0 Å². The van der Waals surface area contributed by atoms with Gasteiger partial charge in [-0.2, -0.15) is 0 Å². The maximum Gasteiger partial charge on any atom is 0.185 e. The second kappa shape index (κ2) is 14.4. The summed E-state index contributed by atoms with van der Waals surface area (Å²) in [6.45, 7) is 2.63. The maximum absolute atomic E-state index is 8.23. The van der Waals surface area contributed by atoms with E-state index in [2.05, 4.69) is 39.6 Å². The van der Waals surface area contributed by atoms with Gasteiger partial charge in [-0.1, -0.05) is 32.1 Å². The first-order valence-corrected chi connectivity index (χ1v) is 13.0. The summed E-state index contributed by atoms with van der Waals surface area (Å²) in [5, 5.41) is 12.8. The van der Waals surface area contributed by atoms with Crippen LogP contribution in [-0.4, -0.2) is 37.1 Å². The Morgan fingerprint density at radius 1 is 0.971 bits per heavy atom. The lowest BCUT2D eigenvalue weighted by atomic mass is 10.0. The van der Waals surface area contributed by atoms with E-state index >= 15 is 0 Å². The molecule has 2 aromatic rings. The predicted octanol–water partition coefficient (Wildman–Crippen LogP) is 5.30. The van der Waals surface area contributed by atoms with E-state index in [0.29, 0.717) is 0 Å². The Balaban J connectivity index is 1.23. The van der Waals surface area contributed by atoms with Crippen LogP contribution in [0.4, 0.5) is 0 Å². The van der Waals surface area contributed by atoms with Crippen LogP contribution in [0, 0.1) is 5.41 Å². The van der Waals surface area contributed by atoms with Crippen molar-refractivity contribution in [2.45, 2.75) is 83.5 Å². The number of hydrogen-bond donors (Lipinski definition) is 4. The molecule has 7 heteroatoms. The van der Waals surface area contributed by atoms with Gasteiger partial charge in [-0.15, -0.1) is 0 Å². The summed E-state index contributed by atoms with van der Waals surface area (Å²) in [4.78, 5) is 8.59. The molecule has 0 amide bonds. The number of aliphatic imine (C=N–C) groups is 2. The predicted molar refractivity (Wildman–Crippen MR) is 143 cm³/mol. The number of rotatable bonds is 16. The topological polar surface area (TPSA) is 126 Å². The molecule has 0 saturated carbocycles. The number of unbranched alkanes of at least 4 members (excludes halogenated alkanes) is 7. The van der Waals surface area contributed by atoms with E-state index in [0.717, 1.165) is 105 Å². The lowest BCUT2D eigenvalue weighted by molar-refractivity contribution is 0.534. The van der Waals surface area contributed by atoms with Gasteiger partial charge in [0.05, 0.1) is 0 Å². The highest BCUT2D eigenvalue weighted by atomic mass is 16.3. The number of guanidine groups is 1. The van der Waals surface area contributed by atoms with E-state index in [1.165, 1.54) is 32.1 Å². The lowest BCUT2D eigenvalue weighted by Gasteiger charge is -2.14. The number of nitrogens with one attached hydrogen (secondary N) is 2. The Morgan fingerprint density at radius 2 is 1.71 bits per heavy atom. The third-order valence-electron chi connectivity index (χ3n) is 6.32. The average Bonchev–Trinajstić information content (AvgIpc) is 3.25. The van der Waals surface area contributed by atoms with Crippen LogP contribution in [0.5, 0.6) is 0 Å². The smallest absolute Gasteiger partial charge is 0.185 e. The monoisotopic (exact) mass is 466 g/mol. The second-order valence-corrected chi connectivity index (χ2v) is 9.32. The summed E-state index contributed by atoms with van der Waals surface area (Å²) in [7, 11) is 0. The molecule has 0 saturated heterocycles. The number of furan rings is 1. The minimum Gasteiger partial charge on any atom is -0.461 e. The molecular weight excluding hydrogens is 424 g/mol. The van der Waals surface area contributed by atoms with Crippen LogP contribution in [0.15, 0.2) is 38.7 Å². The van der Waals surface area contributed by atoms with E-state index in [1.807, 2.05) is 0 Å². The van der Waals surface area contributed by atoms with Crippen molar-refractivity contribution in [3.63, 3.8) is 0 Å². The van der Waals surface area contributed by atoms with Crippen LogP contribution in [0.25, 0.3) is 11.0 Å². The first-order valence-electron chi connectivity index (χ1n) is 13.0. The van der Waals surface area contributed by atoms with Crippen molar-refractivity contribution in [1.29, 1.82) is 5.41 Å². The van der Waals surface area contributed by atoms with Crippen molar-refractivity contribution in [3.8, 4) is 0 Å². The van der Waals surface area contributed by atoms with Gasteiger partial charge in [-0.3, -0.25) is 9.98 Å². The highest BCUT2D eigenvalue weighted by molar-refractivity contribution is 6.01. The SMILES string of the molecule is N=C(CCCCCCCCCN=C(N)N)CCCCc1cc2cc(C3=NCCCN3)ccc2o1. The van der Waals surface area contributed by atoms with Crippen LogP contribution < -0.4 is 16.8 Å². The van der Waals surface area contributed by atoms with E-state index < -0.39 is 0 Å². The van der Waals surface area contributed by atoms with Crippen molar-refractivity contribution in [2.75, 3.05) is 19.6 Å². The molecule has 1 aliphatic heterocycles. The Hall–Kier alpha value is -2.83. The standard InChI is InChI=1S/C27H42N6O/c28-23(11-6-4-2-1-3-5-9-16-33-27(29)30)12-7-8-13-24-20-22-19-21(14-15-25(22)34-24)26-31-17-10-18-32-26/h14-15,19-20,28H,1-13,16-18H2,(H,31,32)(H4,29,30,33). The summed E-state index contributed by atoms with van der Waals surface area (Å²) in [5.74, 6) is 2.22. The number of nitrogens with zero attached hydrogens (tertiary/aromatic N) is 2. The molecular formula is C27H42N6O. The van der Waals surface area contributed by atoms with E-state index in [1.54, 1.807) is 0 Å². The number of hydrogen-bond acceptors (Lipinski definition) is 5. The van der Waals surface area contributed by atoms with E-state index in [9.17, 15) is 0 Å². The van der Waals surface area contributed by atoms with Crippen LogP contribution in [0.2, 0.25) is 0 Å². The Kier molecular flexibility index (Phi) is 10.9. The van der Waals surface area contributed by atoms with Crippen molar-refractivity contribution in [1.82, 2.24) is 5.32 Å². The normalized spacial score (nSPS) is 13.5. The summed E-state index contributed by atoms with van der Waals surface area (Å²) in [5.41, 5.74) is 13.6. The third-order valence-corrected chi connectivity index (χ3v) is 6.32. The van der Waals surface area contributed by atoms with Gasteiger partial charge in [-0.25, -0.2) is 0 Å². The van der Waals surface area contributed by atoms with Crippen molar-refractivity contribution >= 4 is 28.5 Å². The zero-order chi connectivity index (χ0) is 24.0. The summed E-state index contributed by atoms with van der Waals surface area (Å²) in [6.07, 6.45) is 14.4. The molecule has 0 aliphatic carbocycles. The molecule has 2 heterocycles. The van der Waals surface area contributed by atoms with Gasteiger partial charge in [0.2, 0.25) is 0 Å². The van der Waals surface area contributed by atoms with Crippen molar-refractivity contribution in [2.24, 2.45) is 21.5 Å². The van der Waals surface area contributed by atoms with Gasteiger partial charge in [0, 0.05) is 42.7 Å². The number of benzene rings is 1. The Labute approximate surface area is 204 Å². The fraction of sp³-hybridized carbons (Fsp3) is 0.593. The summed E-state index contributed by atoms with van der Waals surface area (Å²) >= 11 is 0. The molecule has 6 N–H and O–H groups in total. The molecule has 7 nitrogen and oxygen atoms in total. The number of fused-ring (bicyclic) bond motifs is 1. The Morgan fingerprint density at radius 3 is 2.44 bits per heavy atom. The van der Waals surface area contributed by atoms with Crippen LogP contribution in [-0.2, 0) is 6.42 Å². The molecule has 0 bridgehead atoms. The fourth-order valence-electron chi connectivity index (χ4n) is 4.40. The molecule has 0 radical (unpaired) electrons. The molecule has 3 rings (SSSR count). The molecule has 1 aromatic carbocycles. The van der Waals surface area contributed by atoms with Crippen LogP contribution in [0.3, 0.4) is 0 Å².